The fourth-order valence-electron chi connectivity index (χ4n) is 2.33. The summed E-state index contributed by atoms with van der Waals surface area (Å²) in [6.07, 6.45) is 2.07. The van der Waals surface area contributed by atoms with Crippen LogP contribution in [0.25, 0.3) is 0 Å². The molecule has 0 bridgehead atoms. The van der Waals surface area contributed by atoms with Crippen molar-refractivity contribution in [3.05, 3.63) is 34.1 Å². The summed E-state index contributed by atoms with van der Waals surface area (Å²) < 4.78 is 43.0. The van der Waals surface area contributed by atoms with E-state index in [1.165, 1.54) is 16.4 Å². The third kappa shape index (κ3) is 4.50. The number of hydrogen-bond donors (Lipinski definition) is 0. The molecule has 2 rings (SSSR count). The van der Waals surface area contributed by atoms with Gasteiger partial charge in [0.2, 0.25) is 10.0 Å². The Morgan fingerprint density at radius 3 is 2.59 bits per heavy atom. The molecule has 1 aliphatic heterocycles. The van der Waals surface area contributed by atoms with Gasteiger partial charge in [-0.25, -0.2) is 17.1 Å². The second-order valence-corrected chi connectivity index (χ2v) is 8.12. The minimum absolute atomic E-state index is 0.0615. The average molecular weight is 394 g/mol. The van der Waals surface area contributed by atoms with Gasteiger partial charge in [-0.05, 0) is 25.0 Å². The Balaban J connectivity index is 1.86. The lowest BCUT2D eigenvalue weighted by atomic mass is 9.98. The molecule has 1 saturated heterocycles. The topological polar surface area (TPSA) is 63.7 Å². The Morgan fingerprint density at radius 2 is 2.05 bits per heavy atom. The highest BCUT2D eigenvalue weighted by molar-refractivity contribution is 9.10. The predicted molar refractivity (Wildman–Crippen MR) is 83.0 cm³/mol. The molecule has 0 spiro atoms. The number of nitrogens with zero attached hydrogens (tertiary/aromatic N) is 1. The minimum Gasteiger partial charge on any atom is -0.461 e. The van der Waals surface area contributed by atoms with E-state index >= 15 is 0 Å². The van der Waals surface area contributed by atoms with E-state index in [1.807, 2.05) is 0 Å². The fourth-order valence-corrected chi connectivity index (χ4v) is 3.67. The molecule has 8 heteroatoms. The summed E-state index contributed by atoms with van der Waals surface area (Å²) in [6, 6.07) is 4.17. The van der Waals surface area contributed by atoms with E-state index < -0.39 is 10.0 Å². The Bertz CT molecular complexity index is 657. The third-order valence-electron chi connectivity index (χ3n) is 3.64. The fraction of sp³-hybridized carbons (Fsp3) is 0.500. The number of carbonyl (C=O) groups is 1. The molecule has 1 heterocycles. The van der Waals surface area contributed by atoms with Gasteiger partial charge in [0, 0.05) is 23.1 Å². The average Bonchev–Trinajstić information content (AvgIpc) is 2.45. The van der Waals surface area contributed by atoms with Gasteiger partial charge in [0.15, 0.2) is 0 Å². The number of benzene rings is 1. The van der Waals surface area contributed by atoms with Gasteiger partial charge in [0.1, 0.15) is 12.4 Å². The lowest BCUT2D eigenvalue weighted by Gasteiger charge is -2.28. The largest absolute Gasteiger partial charge is 0.461 e. The van der Waals surface area contributed by atoms with Gasteiger partial charge in [-0.3, -0.25) is 4.79 Å². The van der Waals surface area contributed by atoms with Crippen molar-refractivity contribution in [2.45, 2.75) is 19.4 Å². The van der Waals surface area contributed by atoms with Crippen molar-refractivity contribution in [3.63, 3.8) is 0 Å². The van der Waals surface area contributed by atoms with Crippen molar-refractivity contribution in [3.8, 4) is 0 Å². The third-order valence-corrected chi connectivity index (χ3v) is 5.68. The summed E-state index contributed by atoms with van der Waals surface area (Å²) in [5, 5.41) is 0. The maximum Gasteiger partial charge on any atom is 0.309 e. The number of ether oxygens (including phenoxy) is 1. The van der Waals surface area contributed by atoms with Crippen LogP contribution in [0.3, 0.4) is 0 Å². The lowest BCUT2D eigenvalue weighted by molar-refractivity contribution is -0.151. The van der Waals surface area contributed by atoms with E-state index in [9.17, 15) is 17.6 Å². The Kier molecular flexibility index (Phi) is 5.57. The van der Waals surface area contributed by atoms with Gasteiger partial charge in [-0.1, -0.05) is 22.0 Å². The Labute approximate surface area is 137 Å². The minimum atomic E-state index is -3.20. The molecule has 0 aromatic heterocycles. The van der Waals surface area contributed by atoms with Gasteiger partial charge < -0.3 is 4.74 Å². The molecular formula is C14H17BrFNO4S. The van der Waals surface area contributed by atoms with Gasteiger partial charge in [0.05, 0.1) is 12.2 Å². The van der Waals surface area contributed by atoms with Crippen LogP contribution in [0, 0.1) is 11.7 Å². The van der Waals surface area contributed by atoms with E-state index in [0.29, 0.717) is 36.0 Å². The first-order chi connectivity index (χ1) is 10.3. The molecular weight excluding hydrogens is 377 g/mol. The molecule has 22 heavy (non-hydrogen) atoms. The van der Waals surface area contributed by atoms with Crippen LogP contribution in [-0.4, -0.2) is 38.0 Å². The molecule has 1 fully saturated rings. The first-order valence-electron chi connectivity index (χ1n) is 6.83. The summed E-state index contributed by atoms with van der Waals surface area (Å²) in [7, 11) is -3.20. The summed E-state index contributed by atoms with van der Waals surface area (Å²) >= 11 is 3.22. The summed E-state index contributed by atoms with van der Waals surface area (Å²) in [5.41, 5.74) is 0.684. The zero-order valence-electron chi connectivity index (χ0n) is 12.1. The lowest BCUT2D eigenvalue weighted by Crippen LogP contribution is -2.40. The second-order valence-electron chi connectivity index (χ2n) is 5.28. The van der Waals surface area contributed by atoms with Crippen molar-refractivity contribution in [2.24, 2.45) is 5.92 Å². The van der Waals surface area contributed by atoms with Gasteiger partial charge in [0.25, 0.3) is 0 Å². The van der Waals surface area contributed by atoms with E-state index in [0.717, 1.165) is 6.26 Å². The van der Waals surface area contributed by atoms with Crippen LogP contribution in [-0.2, 0) is 26.2 Å². The molecule has 1 aromatic carbocycles. The van der Waals surface area contributed by atoms with Crippen LogP contribution >= 0.6 is 15.9 Å². The SMILES string of the molecule is CS(=O)(=O)N1CCC(C(=O)OCc2ccc(F)cc2Br)CC1. The first-order valence-corrected chi connectivity index (χ1v) is 9.47. The Hall–Kier alpha value is -0.990. The van der Waals surface area contributed by atoms with Crippen molar-refractivity contribution in [1.29, 1.82) is 0 Å². The van der Waals surface area contributed by atoms with Crippen molar-refractivity contribution >= 4 is 31.9 Å². The number of piperidine rings is 1. The molecule has 0 aliphatic carbocycles. The first kappa shape index (κ1) is 17.4. The normalized spacial score (nSPS) is 17.4. The Morgan fingerprint density at radius 1 is 1.41 bits per heavy atom. The molecule has 1 aliphatic rings. The molecule has 0 atom stereocenters. The monoisotopic (exact) mass is 393 g/mol. The van der Waals surface area contributed by atoms with Crippen LogP contribution < -0.4 is 0 Å². The molecule has 122 valence electrons. The highest BCUT2D eigenvalue weighted by atomic mass is 79.9. The molecule has 1 aromatic rings. The zero-order chi connectivity index (χ0) is 16.3. The van der Waals surface area contributed by atoms with E-state index in [-0.39, 0.29) is 24.3 Å². The maximum atomic E-state index is 13.0. The molecule has 0 radical (unpaired) electrons. The van der Waals surface area contributed by atoms with Crippen molar-refractivity contribution in [2.75, 3.05) is 19.3 Å². The van der Waals surface area contributed by atoms with E-state index in [4.69, 9.17) is 4.74 Å². The van der Waals surface area contributed by atoms with E-state index in [1.54, 1.807) is 6.07 Å². The smallest absolute Gasteiger partial charge is 0.309 e. The highest BCUT2D eigenvalue weighted by Crippen LogP contribution is 2.23. The van der Waals surface area contributed by atoms with Gasteiger partial charge >= 0.3 is 5.97 Å². The number of halogens is 2. The molecule has 0 unspecified atom stereocenters. The number of carbonyl (C=O) groups excluding carboxylic acids is 1. The van der Waals surface area contributed by atoms with E-state index in [2.05, 4.69) is 15.9 Å². The maximum absolute atomic E-state index is 13.0. The van der Waals surface area contributed by atoms with Gasteiger partial charge in [-0.2, -0.15) is 0 Å². The van der Waals surface area contributed by atoms with Crippen LogP contribution in [0.5, 0.6) is 0 Å². The summed E-state index contributed by atoms with van der Waals surface area (Å²) in [6.45, 7) is 0.726. The molecule has 0 N–H and O–H groups in total. The molecule has 0 amide bonds. The van der Waals surface area contributed by atoms with Crippen molar-refractivity contribution in [1.82, 2.24) is 4.31 Å². The quantitative estimate of drug-likeness (QED) is 0.736. The number of hydrogen-bond acceptors (Lipinski definition) is 4. The molecule has 5 nitrogen and oxygen atoms in total. The molecule has 0 saturated carbocycles. The van der Waals surface area contributed by atoms with Crippen molar-refractivity contribution < 1.29 is 22.3 Å². The number of rotatable bonds is 4. The van der Waals surface area contributed by atoms with Crippen LogP contribution in [0.15, 0.2) is 22.7 Å². The second kappa shape index (κ2) is 7.06. The highest BCUT2D eigenvalue weighted by Gasteiger charge is 2.29. The van der Waals surface area contributed by atoms with Crippen LogP contribution in [0.4, 0.5) is 4.39 Å². The standard InChI is InChI=1S/C14H17BrFNO4S/c1-22(19,20)17-6-4-10(5-7-17)14(18)21-9-11-2-3-12(16)8-13(11)15/h2-3,8,10H,4-7,9H2,1H3. The van der Waals surface area contributed by atoms with Gasteiger partial charge in [-0.15, -0.1) is 0 Å². The zero-order valence-corrected chi connectivity index (χ0v) is 14.5. The summed E-state index contributed by atoms with van der Waals surface area (Å²) in [4.78, 5) is 12.0. The van der Waals surface area contributed by atoms with Crippen LogP contribution in [0.2, 0.25) is 0 Å². The number of esters is 1. The van der Waals surface area contributed by atoms with Crippen LogP contribution in [0.1, 0.15) is 18.4 Å². The number of sulfonamides is 1. The summed E-state index contributed by atoms with van der Waals surface area (Å²) in [5.74, 6) is -1.00. The predicted octanol–water partition coefficient (Wildman–Crippen LogP) is 2.30.